The molecule has 0 aliphatic carbocycles. The zero-order valence-corrected chi connectivity index (χ0v) is 8.99. The Bertz CT molecular complexity index is 526. The van der Waals surface area contributed by atoms with Gasteiger partial charge in [-0.2, -0.15) is 21.6 Å². The van der Waals surface area contributed by atoms with E-state index in [4.69, 9.17) is 21.9 Å². The summed E-state index contributed by atoms with van der Waals surface area (Å²) in [4.78, 5) is -1.07. The van der Waals surface area contributed by atoms with E-state index in [0.29, 0.717) is 12.1 Å². The van der Waals surface area contributed by atoms with E-state index in [1.54, 1.807) is 0 Å². The molecule has 0 heterocycles. The zero-order chi connectivity index (χ0) is 12.7. The topological polar surface area (TPSA) is 80.4 Å². The van der Waals surface area contributed by atoms with Crippen LogP contribution in [0.4, 0.5) is 18.9 Å². The average Bonchev–Trinajstić information content (AvgIpc) is 2.04. The molecule has 1 rings (SSSR count). The van der Waals surface area contributed by atoms with Crippen molar-refractivity contribution in [3.63, 3.8) is 0 Å². The van der Waals surface area contributed by atoms with Crippen molar-refractivity contribution in [2.24, 2.45) is 0 Å². The minimum atomic E-state index is -4.86. The van der Waals surface area contributed by atoms with E-state index >= 15 is 0 Å². The Morgan fingerprint density at radius 2 is 1.81 bits per heavy atom. The second kappa shape index (κ2) is 3.79. The van der Waals surface area contributed by atoms with Gasteiger partial charge in [0.15, 0.2) is 0 Å². The molecule has 4 nitrogen and oxygen atoms in total. The van der Waals surface area contributed by atoms with Gasteiger partial charge in [-0.3, -0.25) is 4.55 Å². The molecule has 0 bridgehead atoms. The summed E-state index contributed by atoms with van der Waals surface area (Å²) >= 11 is 5.24. The van der Waals surface area contributed by atoms with Gasteiger partial charge in [0.05, 0.1) is 10.6 Å². The molecule has 1 aromatic rings. The van der Waals surface area contributed by atoms with Crippen LogP contribution in [0.15, 0.2) is 17.0 Å². The third-order valence-corrected chi connectivity index (χ3v) is 3.04. The highest BCUT2D eigenvalue weighted by atomic mass is 35.5. The van der Waals surface area contributed by atoms with Crippen molar-refractivity contribution in [3.05, 3.63) is 22.7 Å². The highest BCUT2D eigenvalue weighted by Gasteiger charge is 2.36. The Balaban J connectivity index is 3.64. The number of halogens is 4. The lowest BCUT2D eigenvalue weighted by atomic mass is 10.2. The maximum atomic E-state index is 12.4. The van der Waals surface area contributed by atoms with Gasteiger partial charge in [-0.05, 0) is 12.1 Å². The predicted octanol–water partition coefficient (Wildman–Crippen LogP) is 2.19. The van der Waals surface area contributed by atoms with E-state index < -0.39 is 37.5 Å². The number of hydrogen-bond acceptors (Lipinski definition) is 3. The molecule has 0 radical (unpaired) electrons. The first-order chi connectivity index (χ1) is 7.03. The van der Waals surface area contributed by atoms with E-state index in [2.05, 4.69) is 0 Å². The monoisotopic (exact) mass is 275 g/mol. The van der Waals surface area contributed by atoms with Crippen molar-refractivity contribution in [1.82, 2.24) is 0 Å². The Morgan fingerprint density at radius 3 is 2.19 bits per heavy atom. The van der Waals surface area contributed by atoms with E-state index in [1.807, 2.05) is 0 Å². The van der Waals surface area contributed by atoms with Crippen LogP contribution in [0.1, 0.15) is 5.56 Å². The second-order valence-corrected chi connectivity index (χ2v) is 4.62. The van der Waals surface area contributed by atoms with E-state index in [-0.39, 0.29) is 0 Å². The summed E-state index contributed by atoms with van der Waals surface area (Å²) in [5.41, 5.74) is 3.20. The number of nitrogen functional groups attached to an aromatic ring is 1. The Kier molecular flexibility index (Phi) is 3.10. The summed E-state index contributed by atoms with van der Waals surface area (Å²) in [6, 6.07) is 1.13. The van der Waals surface area contributed by atoms with Crippen molar-refractivity contribution in [2.45, 2.75) is 11.1 Å². The van der Waals surface area contributed by atoms with Crippen LogP contribution >= 0.6 is 11.6 Å². The molecule has 1 aromatic carbocycles. The molecule has 16 heavy (non-hydrogen) atoms. The molecule has 0 spiro atoms. The average molecular weight is 276 g/mol. The van der Waals surface area contributed by atoms with Crippen molar-refractivity contribution in [1.29, 1.82) is 0 Å². The molecule has 3 N–H and O–H groups in total. The van der Waals surface area contributed by atoms with E-state index in [9.17, 15) is 21.6 Å². The third-order valence-electron chi connectivity index (χ3n) is 1.64. The number of alkyl halides is 3. The van der Waals surface area contributed by atoms with Gasteiger partial charge in [-0.25, -0.2) is 0 Å². The standard InChI is InChI=1S/C7H5ClF3NO3S/c8-6-4(7(9,10)11)1-3(12)2-5(6)16(13,14)15/h1-2H,12H2,(H,13,14,15). The van der Waals surface area contributed by atoms with Crippen molar-refractivity contribution >= 4 is 27.4 Å². The molecule has 0 aliphatic rings. The lowest BCUT2D eigenvalue weighted by molar-refractivity contribution is -0.137. The van der Waals surface area contributed by atoms with Gasteiger partial charge >= 0.3 is 6.18 Å². The summed E-state index contributed by atoms with van der Waals surface area (Å²) in [6.45, 7) is 0. The second-order valence-electron chi connectivity index (χ2n) is 2.85. The normalized spacial score (nSPS) is 12.8. The minimum Gasteiger partial charge on any atom is -0.399 e. The fourth-order valence-electron chi connectivity index (χ4n) is 1.01. The van der Waals surface area contributed by atoms with Crippen molar-refractivity contribution in [3.8, 4) is 0 Å². The van der Waals surface area contributed by atoms with Gasteiger partial charge in [0, 0.05) is 5.69 Å². The smallest absolute Gasteiger partial charge is 0.399 e. The van der Waals surface area contributed by atoms with Crippen LogP contribution in [0.3, 0.4) is 0 Å². The fraction of sp³-hybridized carbons (Fsp3) is 0.143. The molecule has 0 saturated heterocycles. The quantitative estimate of drug-likeness (QED) is 0.608. The number of benzene rings is 1. The van der Waals surface area contributed by atoms with Gasteiger partial charge < -0.3 is 5.73 Å². The van der Waals surface area contributed by atoms with Gasteiger partial charge in [0.25, 0.3) is 10.1 Å². The molecule has 0 aliphatic heterocycles. The van der Waals surface area contributed by atoms with Crippen LogP contribution < -0.4 is 5.73 Å². The number of anilines is 1. The number of hydrogen-bond donors (Lipinski definition) is 2. The van der Waals surface area contributed by atoms with Crippen LogP contribution in [0.5, 0.6) is 0 Å². The van der Waals surface area contributed by atoms with Gasteiger partial charge in [0.2, 0.25) is 0 Å². The molecule has 0 fully saturated rings. The lowest BCUT2D eigenvalue weighted by Crippen LogP contribution is -2.10. The minimum absolute atomic E-state index is 0.468. The Morgan fingerprint density at radius 1 is 1.31 bits per heavy atom. The molecule has 0 amide bonds. The van der Waals surface area contributed by atoms with Crippen LogP contribution in [0.25, 0.3) is 0 Å². The molecule has 0 saturated carbocycles. The molecule has 0 aromatic heterocycles. The predicted molar refractivity (Wildman–Crippen MR) is 50.7 cm³/mol. The maximum absolute atomic E-state index is 12.4. The van der Waals surface area contributed by atoms with Crippen LogP contribution in [-0.2, 0) is 16.3 Å². The van der Waals surface area contributed by atoms with Crippen LogP contribution in [0.2, 0.25) is 5.02 Å². The van der Waals surface area contributed by atoms with Crippen molar-refractivity contribution < 1.29 is 26.1 Å². The van der Waals surface area contributed by atoms with Crippen LogP contribution in [0, 0.1) is 0 Å². The summed E-state index contributed by atoms with van der Waals surface area (Å²) in [5.74, 6) is 0. The number of nitrogens with two attached hydrogens (primary N) is 1. The fourth-order valence-corrected chi connectivity index (χ4v) is 2.14. The first kappa shape index (κ1) is 13.1. The van der Waals surface area contributed by atoms with Crippen LogP contribution in [-0.4, -0.2) is 13.0 Å². The first-order valence-electron chi connectivity index (χ1n) is 3.67. The van der Waals surface area contributed by atoms with Gasteiger partial charge in [-0.15, -0.1) is 0 Å². The highest BCUT2D eigenvalue weighted by Crippen LogP contribution is 2.39. The largest absolute Gasteiger partial charge is 0.417 e. The summed E-state index contributed by atoms with van der Waals surface area (Å²) < 4.78 is 67.3. The van der Waals surface area contributed by atoms with Gasteiger partial charge in [0.1, 0.15) is 4.90 Å². The SMILES string of the molecule is Nc1cc(C(F)(F)F)c(Cl)c(S(=O)(=O)O)c1. The molecular formula is C7H5ClF3NO3S. The van der Waals surface area contributed by atoms with E-state index in [0.717, 1.165) is 0 Å². The Labute approximate surface area is 93.6 Å². The molecule has 0 atom stereocenters. The summed E-state index contributed by atoms with van der Waals surface area (Å²) in [6.07, 6.45) is -4.86. The van der Waals surface area contributed by atoms with E-state index in [1.165, 1.54) is 0 Å². The van der Waals surface area contributed by atoms with Gasteiger partial charge in [-0.1, -0.05) is 11.6 Å². The highest BCUT2D eigenvalue weighted by molar-refractivity contribution is 7.86. The molecule has 9 heteroatoms. The third kappa shape index (κ3) is 2.57. The Hall–Kier alpha value is -0.990. The summed E-state index contributed by atoms with van der Waals surface area (Å²) in [5, 5.41) is -1.11. The molecular weight excluding hydrogens is 271 g/mol. The first-order valence-corrected chi connectivity index (χ1v) is 5.49. The number of rotatable bonds is 1. The summed E-state index contributed by atoms with van der Waals surface area (Å²) in [7, 11) is -4.85. The van der Waals surface area contributed by atoms with Crippen molar-refractivity contribution in [2.75, 3.05) is 5.73 Å². The lowest BCUT2D eigenvalue weighted by Gasteiger charge is -2.12. The molecule has 0 unspecified atom stereocenters. The maximum Gasteiger partial charge on any atom is 0.417 e. The molecule has 90 valence electrons. The zero-order valence-electron chi connectivity index (χ0n) is 7.42.